The molecule has 0 unspecified atom stereocenters. The highest BCUT2D eigenvalue weighted by Crippen LogP contribution is 2.39. The van der Waals surface area contributed by atoms with Crippen molar-refractivity contribution in [1.29, 1.82) is 0 Å². The molecule has 0 aliphatic carbocycles. The van der Waals surface area contributed by atoms with Gasteiger partial charge in [-0.15, -0.1) is 15.3 Å². The summed E-state index contributed by atoms with van der Waals surface area (Å²) in [5, 5.41) is 30.1. The van der Waals surface area contributed by atoms with Gasteiger partial charge in [0.05, 0.1) is 137 Å². The lowest BCUT2D eigenvalue weighted by Crippen LogP contribution is -2.62. The molecule has 0 bridgehead atoms. The van der Waals surface area contributed by atoms with Crippen molar-refractivity contribution in [2.45, 2.75) is 190 Å². The molecule has 16 aromatic rings. The summed E-state index contributed by atoms with van der Waals surface area (Å²) >= 11 is 0. The number of aromatic nitrogens is 9. The molecule has 19 rings (SSSR count). The second-order valence-electron chi connectivity index (χ2n) is 35.8. The molecule has 24 nitrogen and oxygen atoms in total. The smallest absolute Gasteiger partial charge is 0.115 e. The van der Waals surface area contributed by atoms with Crippen LogP contribution in [0.1, 0.15) is 66.8 Å². The fourth-order valence-electron chi connectivity index (χ4n) is 18.3. The van der Waals surface area contributed by atoms with E-state index < -0.39 is 91.6 Å². The molecule has 15 atom stereocenters. The maximum atomic E-state index is 7.44. The first kappa shape index (κ1) is 96.5. The molecule has 3 saturated heterocycles. The highest BCUT2D eigenvalue weighted by Gasteiger charge is 2.52. The van der Waals surface area contributed by atoms with Gasteiger partial charge in [0.25, 0.3) is 0 Å². The molecule has 0 N–H and O–H groups in total. The molecule has 720 valence electrons. The lowest BCUT2D eigenvalue weighted by Gasteiger charge is -2.46. The quantitative estimate of drug-likeness (QED) is 0.0345. The minimum atomic E-state index is -0.732. The number of benzene rings is 13. The van der Waals surface area contributed by atoms with Crippen molar-refractivity contribution in [3.05, 3.63) is 468 Å². The van der Waals surface area contributed by atoms with Crippen molar-refractivity contribution in [3.63, 3.8) is 0 Å². The Morgan fingerprint density at radius 1 is 0.184 bits per heavy atom. The zero-order valence-electron chi connectivity index (χ0n) is 78.6. The average Bonchev–Trinajstić information content (AvgIpc) is 1.69. The van der Waals surface area contributed by atoms with Gasteiger partial charge >= 0.3 is 0 Å². The van der Waals surface area contributed by atoms with Gasteiger partial charge in [0.15, 0.2) is 0 Å². The van der Waals surface area contributed by atoms with Crippen molar-refractivity contribution >= 4 is 0 Å². The first-order valence-electron chi connectivity index (χ1n) is 48.4. The number of nitrogens with zero attached hydrogens (tertiary/aromatic N) is 9. The Hall–Kier alpha value is -13.3. The molecule has 0 saturated carbocycles. The summed E-state index contributed by atoms with van der Waals surface area (Å²) < 4.78 is 112. The van der Waals surface area contributed by atoms with Crippen molar-refractivity contribution in [2.24, 2.45) is 0 Å². The van der Waals surface area contributed by atoms with Gasteiger partial charge in [-0.25, -0.2) is 14.0 Å². The van der Waals surface area contributed by atoms with Gasteiger partial charge in [0, 0.05) is 16.7 Å². The van der Waals surface area contributed by atoms with Crippen molar-refractivity contribution in [2.75, 3.05) is 19.8 Å². The van der Waals surface area contributed by atoms with Crippen LogP contribution in [0.5, 0.6) is 0 Å². The van der Waals surface area contributed by atoms with E-state index in [2.05, 4.69) is 146 Å². The fourth-order valence-corrected chi connectivity index (χ4v) is 18.3. The molecule has 3 aromatic heterocycles. The first-order valence-corrected chi connectivity index (χ1v) is 48.4. The van der Waals surface area contributed by atoms with Crippen LogP contribution in [0.15, 0.2) is 401 Å². The molecular formula is C117H117N9O15. The van der Waals surface area contributed by atoms with E-state index in [0.29, 0.717) is 53.6 Å². The molecular weight excluding hydrogens is 1770 g/mol. The molecule has 13 aromatic carbocycles. The van der Waals surface area contributed by atoms with Gasteiger partial charge in [0.1, 0.15) is 109 Å². The molecule has 141 heavy (non-hydrogen) atoms. The number of ether oxygens (including phenoxy) is 15. The predicted molar refractivity (Wildman–Crippen MR) is 533 cm³/mol. The van der Waals surface area contributed by atoms with E-state index in [4.69, 9.17) is 102 Å². The van der Waals surface area contributed by atoms with Gasteiger partial charge < -0.3 is 71.1 Å². The zero-order chi connectivity index (χ0) is 95.0. The van der Waals surface area contributed by atoms with Crippen molar-refractivity contribution in [3.8, 4) is 33.8 Å². The van der Waals surface area contributed by atoms with Crippen molar-refractivity contribution < 1.29 is 71.1 Å². The summed E-state index contributed by atoms with van der Waals surface area (Å²) in [4.78, 5) is 0. The van der Waals surface area contributed by atoms with Gasteiger partial charge in [-0.05, 0) is 85.0 Å². The van der Waals surface area contributed by atoms with Crippen LogP contribution in [0.25, 0.3) is 33.8 Å². The summed E-state index contributed by atoms with van der Waals surface area (Å²) in [6, 6.07) is 128. The Kier molecular flexibility index (Phi) is 34.4. The van der Waals surface area contributed by atoms with E-state index in [0.717, 1.165) is 66.8 Å². The third-order valence-corrected chi connectivity index (χ3v) is 25.5. The van der Waals surface area contributed by atoms with Crippen LogP contribution < -0.4 is 0 Å². The number of rotatable bonds is 48. The molecule has 0 amide bonds. The average molecular weight is 1890 g/mol. The monoisotopic (exact) mass is 1890 g/mol. The highest BCUT2D eigenvalue weighted by atomic mass is 16.6. The van der Waals surface area contributed by atoms with Crippen LogP contribution in [0.2, 0.25) is 0 Å². The summed E-state index contributed by atoms with van der Waals surface area (Å²) in [5.74, 6) is 0. The van der Waals surface area contributed by atoms with Crippen LogP contribution in [0.3, 0.4) is 0 Å². The van der Waals surface area contributed by atoms with Crippen LogP contribution >= 0.6 is 0 Å². The summed E-state index contributed by atoms with van der Waals surface area (Å²) in [5.41, 5.74) is 15.5. The SMILES string of the molecule is c1ccc(COC[C@H]2O[C@@H](Cn3cc(-c4cc(-c5cn(C[C@@H]6O[C@H](COCc7ccccc7)[C@@H](OCc7ccccc7)[C@H](OCc7ccccc7)[C@H]6OCc6ccccc6)nn5)cc(-c5cn(C[C@@H]6O[C@H](COCc7ccccc7)[C@@H](OCc7ccccc7)[C@H](OCc7ccccc7)[C@H]6OCc6ccccc6)nn5)c4)nn3)[C@H](OCc3ccccc3)[C@@H](OCc3ccccc3)[C@@H]2OCc2ccccc2)cc1. The number of hydrogen-bond donors (Lipinski definition) is 0. The predicted octanol–water partition coefficient (Wildman–Crippen LogP) is 19.7. The van der Waals surface area contributed by atoms with Gasteiger partial charge in [-0.3, -0.25) is 0 Å². The molecule has 24 heteroatoms. The summed E-state index contributed by atoms with van der Waals surface area (Å²) in [6.45, 7) is 4.38. The minimum Gasteiger partial charge on any atom is -0.374 e. The fraction of sp³-hybridized carbons (Fsp3) is 0.282. The third-order valence-electron chi connectivity index (χ3n) is 25.5. The number of hydrogen-bond acceptors (Lipinski definition) is 21. The lowest BCUT2D eigenvalue weighted by molar-refractivity contribution is -0.275. The Morgan fingerprint density at radius 2 is 0.340 bits per heavy atom. The maximum Gasteiger partial charge on any atom is 0.115 e. The topological polar surface area (TPSA) is 231 Å². The van der Waals surface area contributed by atoms with E-state index >= 15 is 0 Å². The second-order valence-corrected chi connectivity index (χ2v) is 35.8. The van der Waals surface area contributed by atoms with Gasteiger partial charge in [-0.2, -0.15) is 0 Å². The van der Waals surface area contributed by atoms with E-state index in [1.807, 2.05) is 269 Å². The van der Waals surface area contributed by atoms with E-state index in [1.54, 1.807) is 0 Å². The van der Waals surface area contributed by atoms with Crippen LogP contribution in [0, 0.1) is 0 Å². The zero-order valence-corrected chi connectivity index (χ0v) is 78.6. The Balaban J connectivity index is 0.690. The van der Waals surface area contributed by atoms with E-state index in [9.17, 15) is 0 Å². The van der Waals surface area contributed by atoms with E-state index in [-0.39, 0.29) is 98.9 Å². The standard InChI is InChI=1S/C117H117N9O15/c1-13-37-85(38-14-1)70-127-82-106-112(133-76-91-49-25-7-26-50-91)115(136-79-94-55-31-10-32-56-94)109(130-73-88-43-19-4-20-44-88)103(139-106)67-124-64-100(118-121-124)97-61-98(101-65-125(122-119-101)68-104-110(131-74-89-45-21-5-22-46-89)116(137-80-95-57-33-11-34-58-95)113(134-77-92-51-27-8-28-52-92)107(140-104)83-128-71-86-39-15-2-16-40-86)63-99(62-97)102-66-126(123-120-102)69-105-111(132-75-90-47-23-6-24-48-90)117(138-81-96-59-35-12-36-60-96)114(135-78-93-53-29-9-30-54-93)108(141-105)84-129-72-87-41-17-3-18-42-87/h1-66,103-117H,67-84H2/t103-,104-,105-,106+,107+,108+,109-,110-,111-,112+,113+,114+,115+,116+,117+/m0/s1. The first-order chi connectivity index (χ1) is 69.8. The largest absolute Gasteiger partial charge is 0.374 e. The Morgan fingerprint density at radius 3 is 0.518 bits per heavy atom. The molecule has 6 heterocycles. The summed E-state index contributed by atoms with van der Waals surface area (Å²) in [7, 11) is 0. The highest BCUT2D eigenvalue weighted by molar-refractivity contribution is 5.77. The minimum absolute atomic E-state index is 0.166. The Labute approximate surface area is 822 Å². The molecule has 3 aliphatic rings. The molecule has 0 spiro atoms. The maximum absolute atomic E-state index is 7.44. The molecule has 3 aliphatic heterocycles. The molecule has 0 radical (unpaired) electrons. The lowest BCUT2D eigenvalue weighted by atomic mass is 9.93. The van der Waals surface area contributed by atoms with Crippen LogP contribution in [-0.2, 0) is 170 Å². The Bertz CT molecular complexity index is 5710. The molecule has 3 fully saturated rings. The third kappa shape index (κ3) is 27.3. The van der Waals surface area contributed by atoms with Gasteiger partial charge in [0.2, 0.25) is 0 Å². The summed E-state index contributed by atoms with van der Waals surface area (Å²) in [6.07, 6.45) is -4.64. The normalized spacial score (nSPS) is 21.3. The van der Waals surface area contributed by atoms with Crippen LogP contribution in [-0.4, -0.2) is 156 Å². The second kappa shape index (κ2) is 50.2. The van der Waals surface area contributed by atoms with Crippen molar-refractivity contribution in [1.82, 2.24) is 45.0 Å². The van der Waals surface area contributed by atoms with E-state index in [1.165, 1.54) is 0 Å². The van der Waals surface area contributed by atoms with Gasteiger partial charge in [-0.1, -0.05) is 380 Å². The van der Waals surface area contributed by atoms with Crippen LogP contribution in [0.4, 0.5) is 0 Å².